The van der Waals surface area contributed by atoms with E-state index in [9.17, 15) is 9.59 Å². The number of nitrogens with one attached hydrogen (secondary N) is 2. The molecular formula is C17H24ClN3O2. The summed E-state index contributed by atoms with van der Waals surface area (Å²) in [5, 5.41) is 5.12. The second-order valence-corrected chi connectivity index (χ2v) is 6.72. The highest BCUT2D eigenvalue weighted by Crippen LogP contribution is 2.22. The van der Waals surface area contributed by atoms with Crippen molar-refractivity contribution in [1.29, 1.82) is 0 Å². The zero-order valence-electron chi connectivity index (χ0n) is 13.9. The number of anilines is 1. The van der Waals surface area contributed by atoms with Crippen molar-refractivity contribution in [2.75, 3.05) is 11.9 Å². The fourth-order valence-corrected chi connectivity index (χ4v) is 2.53. The maximum atomic E-state index is 12.4. The minimum Gasteiger partial charge on any atom is -0.382 e. The predicted molar refractivity (Wildman–Crippen MR) is 92.4 cm³/mol. The zero-order chi connectivity index (χ0) is 17.0. The van der Waals surface area contributed by atoms with Crippen molar-refractivity contribution in [2.24, 2.45) is 5.92 Å². The number of benzene rings is 1. The van der Waals surface area contributed by atoms with Crippen molar-refractivity contribution in [2.45, 2.75) is 46.1 Å². The average molecular weight is 338 g/mol. The molecule has 126 valence electrons. The van der Waals surface area contributed by atoms with E-state index in [1.54, 1.807) is 12.1 Å². The molecule has 1 saturated heterocycles. The van der Waals surface area contributed by atoms with Crippen molar-refractivity contribution in [3.63, 3.8) is 0 Å². The first-order chi connectivity index (χ1) is 10.9. The number of carbonyl (C=O) groups excluding carboxylic acids is 2. The van der Waals surface area contributed by atoms with E-state index in [-0.39, 0.29) is 17.9 Å². The van der Waals surface area contributed by atoms with Crippen molar-refractivity contribution >= 4 is 29.1 Å². The summed E-state index contributed by atoms with van der Waals surface area (Å²) in [4.78, 5) is 24.2. The highest BCUT2D eigenvalue weighted by atomic mass is 35.5. The first kappa shape index (κ1) is 17.6. The first-order valence-electron chi connectivity index (χ1n) is 8.06. The third-order valence-corrected chi connectivity index (χ3v) is 4.49. The highest BCUT2D eigenvalue weighted by molar-refractivity contribution is 6.34. The van der Waals surface area contributed by atoms with Crippen LogP contribution in [-0.2, 0) is 4.79 Å². The Balaban J connectivity index is 2.11. The number of hydrogen-bond donors (Lipinski definition) is 2. The molecule has 1 aromatic carbocycles. The van der Waals surface area contributed by atoms with Crippen LogP contribution in [0.4, 0.5) is 5.69 Å². The molecule has 1 aliphatic rings. The summed E-state index contributed by atoms with van der Waals surface area (Å²) in [7, 11) is 0. The molecule has 0 bridgehead atoms. The molecule has 5 nitrogen and oxygen atoms in total. The lowest BCUT2D eigenvalue weighted by molar-refractivity contribution is -0.135. The smallest absolute Gasteiger partial charge is 0.271 e. The van der Waals surface area contributed by atoms with Gasteiger partial charge in [0.15, 0.2) is 0 Å². The molecule has 1 aliphatic heterocycles. The Labute approximate surface area is 142 Å². The molecule has 1 aromatic rings. The lowest BCUT2D eigenvalue weighted by Crippen LogP contribution is -2.48. The van der Waals surface area contributed by atoms with Gasteiger partial charge in [-0.3, -0.25) is 20.0 Å². The van der Waals surface area contributed by atoms with Crippen LogP contribution in [0.15, 0.2) is 18.2 Å². The Morgan fingerprint density at radius 1 is 1.26 bits per heavy atom. The van der Waals surface area contributed by atoms with Gasteiger partial charge in [-0.05, 0) is 43.9 Å². The Morgan fingerprint density at radius 3 is 2.65 bits per heavy atom. The van der Waals surface area contributed by atoms with Gasteiger partial charge in [-0.15, -0.1) is 0 Å². The number of rotatable bonds is 5. The molecule has 23 heavy (non-hydrogen) atoms. The molecule has 0 aromatic heterocycles. The fraction of sp³-hybridized carbons (Fsp3) is 0.529. The molecule has 1 atom stereocenters. The molecule has 0 spiro atoms. The number of piperidine rings is 1. The molecule has 1 heterocycles. The van der Waals surface area contributed by atoms with Gasteiger partial charge in [-0.2, -0.15) is 0 Å². The molecular weight excluding hydrogens is 314 g/mol. The molecule has 6 heteroatoms. The third kappa shape index (κ3) is 4.61. The second-order valence-electron chi connectivity index (χ2n) is 6.32. The van der Waals surface area contributed by atoms with Crippen LogP contribution >= 0.6 is 11.6 Å². The summed E-state index contributed by atoms with van der Waals surface area (Å²) < 4.78 is 0. The average Bonchev–Trinajstić information content (AvgIpc) is 2.51. The van der Waals surface area contributed by atoms with Gasteiger partial charge >= 0.3 is 0 Å². The van der Waals surface area contributed by atoms with Crippen LogP contribution < -0.4 is 10.7 Å². The standard InChI is InChI=1S/C17H24ClN3O2/c1-11(2)12(3)19-13-7-8-15(18)14(10-13)17(23)20-21-9-5-4-6-16(21)22/h7-8,10-12,19H,4-6,9H2,1-3H3,(H,20,23)/t12-/m1/s1. The first-order valence-corrected chi connectivity index (χ1v) is 8.43. The number of carbonyl (C=O) groups is 2. The van der Waals surface area contributed by atoms with E-state index in [1.165, 1.54) is 5.01 Å². The number of halogens is 1. The largest absolute Gasteiger partial charge is 0.382 e. The molecule has 0 unspecified atom stereocenters. The van der Waals surface area contributed by atoms with E-state index in [0.717, 1.165) is 18.5 Å². The molecule has 0 radical (unpaired) electrons. The Bertz CT molecular complexity index is 589. The van der Waals surface area contributed by atoms with Crippen LogP contribution in [0, 0.1) is 5.92 Å². The maximum Gasteiger partial charge on any atom is 0.271 e. The molecule has 2 N–H and O–H groups in total. The Kier molecular flexibility index (Phi) is 5.88. The monoisotopic (exact) mass is 337 g/mol. The number of amides is 2. The second kappa shape index (κ2) is 7.68. The highest BCUT2D eigenvalue weighted by Gasteiger charge is 2.22. The SMILES string of the molecule is CC(C)[C@@H](C)Nc1ccc(Cl)c(C(=O)NN2CCCCC2=O)c1. The number of hydrazine groups is 1. The van der Waals surface area contributed by atoms with Crippen LogP contribution in [0.5, 0.6) is 0 Å². The molecule has 2 amide bonds. The topological polar surface area (TPSA) is 61.4 Å². The molecule has 0 saturated carbocycles. The van der Waals surface area contributed by atoms with Crippen molar-refractivity contribution < 1.29 is 9.59 Å². The minimum absolute atomic E-state index is 0.0524. The van der Waals surface area contributed by atoms with E-state index < -0.39 is 0 Å². The minimum atomic E-state index is -0.355. The van der Waals surface area contributed by atoms with Gasteiger partial charge < -0.3 is 5.32 Å². The van der Waals surface area contributed by atoms with Gasteiger partial charge in [0.2, 0.25) is 5.91 Å². The predicted octanol–water partition coefficient (Wildman–Crippen LogP) is 3.45. The maximum absolute atomic E-state index is 12.4. The van der Waals surface area contributed by atoms with Gasteiger partial charge in [0.25, 0.3) is 5.91 Å². The third-order valence-electron chi connectivity index (χ3n) is 4.17. The van der Waals surface area contributed by atoms with Crippen molar-refractivity contribution in [1.82, 2.24) is 10.4 Å². The van der Waals surface area contributed by atoms with Crippen LogP contribution in [0.3, 0.4) is 0 Å². The lowest BCUT2D eigenvalue weighted by Gasteiger charge is -2.27. The summed E-state index contributed by atoms with van der Waals surface area (Å²) in [5.41, 5.74) is 3.87. The zero-order valence-corrected chi connectivity index (χ0v) is 14.6. The van der Waals surface area contributed by atoms with Crippen LogP contribution in [0.2, 0.25) is 5.02 Å². The van der Waals surface area contributed by atoms with Gasteiger partial charge in [0, 0.05) is 24.7 Å². The molecule has 0 aliphatic carbocycles. The van der Waals surface area contributed by atoms with E-state index in [0.29, 0.717) is 29.5 Å². The van der Waals surface area contributed by atoms with Gasteiger partial charge in [0.1, 0.15) is 0 Å². The van der Waals surface area contributed by atoms with Gasteiger partial charge in [-0.1, -0.05) is 25.4 Å². The summed E-state index contributed by atoms with van der Waals surface area (Å²) in [6.45, 7) is 6.89. The van der Waals surface area contributed by atoms with Crippen LogP contribution in [0.1, 0.15) is 50.4 Å². The molecule has 1 fully saturated rings. The van der Waals surface area contributed by atoms with Crippen LogP contribution in [0.25, 0.3) is 0 Å². The van der Waals surface area contributed by atoms with E-state index in [2.05, 4.69) is 31.5 Å². The summed E-state index contributed by atoms with van der Waals surface area (Å²) >= 11 is 6.15. The fourth-order valence-electron chi connectivity index (χ4n) is 2.33. The summed E-state index contributed by atoms with van der Waals surface area (Å²) in [6.07, 6.45) is 2.24. The van der Waals surface area contributed by atoms with Crippen molar-refractivity contribution in [3.05, 3.63) is 28.8 Å². The lowest BCUT2D eigenvalue weighted by atomic mass is 10.1. The van der Waals surface area contributed by atoms with Crippen molar-refractivity contribution in [3.8, 4) is 0 Å². The normalized spacial score (nSPS) is 16.4. The summed E-state index contributed by atoms with van der Waals surface area (Å²) in [5.74, 6) is 0.0588. The summed E-state index contributed by atoms with van der Waals surface area (Å²) in [6, 6.07) is 5.55. The van der Waals surface area contributed by atoms with E-state index in [1.807, 2.05) is 6.07 Å². The van der Waals surface area contributed by atoms with Gasteiger partial charge in [-0.25, -0.2) is 0 Å². The Morgan fingerprint density at radius 2 is 2.00 bits per heavy atom. The number of nitrogens with zero attached hydrogens (tertiary/aromatic N) is 1. The molecule has 2 rings (SSSR count). The van der Waals surface area contributed by atoms with Gasteiger partial charge in [0.05, 0.1) is 10.6 Å². The quantitative estimate of drug-likeness (QED) is 0.865. The van der Waals surface area contributed by atoms with E-state index in [4.69, 9.17) is 11.6 Å². The number of hydrogen-bond acceptors (Lipinski definition) is 3. The van der Waals surface area contributed by atoms with E-state index >= 15 is 0 Å². The Hall–Kier alpha value is -1.75. The van der Waals surface area contributed by atoms with Crippen LogP contribution in [-0.4, -0.2) is 29.4 Å².